The molecule has 5 heteroatoms. The minimum Gasteiger partial charge on any atom is -0.370 e. The average molecular weight is 388 g/mol. The van der Waals surface area contributed by atoms with Crippen molar-refractivity contribution >= 4 is 40.3 Å². The van der Waals surface area contributed by atoms with Crippen LogP contribution in [0, 0.1) is 0 Å². The molecule has 2 rings (SSSR count). The number of anilines is 2. The van der Waals surface area contributed by atoms with Crippen LogP contribution in [0.4, 0.5) is 11.4 Å². The van der Waals surface area contributed by atoms with Crippen LogP contribution in [0.25, 0.3) is 0 Å². The van der Waals surface area contributed by atoms with Gasteiger partial charge in [-0.25, -0.2) is 0 Å². The third kappa shape index (κ3) is 5.13. The van der Waals surface area contributed by atoms with Gasteiger partial charge in [-0.1, -0.05) is 35.4 Å². The third-order valence-corrected chi connectivity index (χ3v) is 4.35. The summed E-state index contributed by atoms with van der Waals surface area (Å²) in [6, 6.07) is 13.4. The molecule has 0 aliphatic carbocycles. The van der Waals surface area contributed by atoms with E-state index in [2.05, 4.69) is 18.1 Å². The highest BCUT2D eigenvalue weighted by molar-refractivity contribution is 6.31. The van der Waals surface area contributed by atoms with Crippen LogP contribution in [0.5, 0.6) is 0 Å². The van der Waals surface area contributed by atoms with Crippen molar-refractivity contribution in [3.8, 4) is 0 Å². The Labute approximate surface area is 165 Å². The summed E-state index contributed by atoms with van der Waals surface area (Å²) in [6.07, 6.45) is 3.68. The Hall–Kier alpha value is -2.23. The van der Waals surface area contributed by atoms with E-state index >= 15 is 0 Å². The first kappa shape index (κ1) is 20.1. The van der Waals surface area contributed by atoms with E-state index < -0.39 is 0 Å². The van der Waals surface area contributed by atoms with E-state index in [1.165, 1.54) is 0 Å². The molecular formula is C21H23Cl2N3. The first-order valence-corrected chi connectivity index (χ1v) is 9.03. The van der Waals surface area contributed by atoms with E-state index in [1.807, 2.05) is 73.6 Å². The SMILES string of the molecule is C=CCN(C)c1ccc(Cl)cc1/C(C)=N\N(CC=C)c1ccc(Cl)cc1. The first-order valence-electron chi connectivity index (χ1n) is 8.27. The third-order valence-electron chi connectivity index (χ3n) is 3.86. The van der Waals surface area contributed by atoms with Crippen molar-refractivity contribution in [2.45, 2.75) is 6.92 Å². The first-order chi connectivity index (χ1) is 12.5. The van der Waals surface area contributed by atoms with Gasteiger partial charge >= 0.3 is 0 Å². The number of nitrogens with zero attached hydrogens (tertiary/aromatic N) is 3. The Morgan fingerprint density at radius 3 is 2.23 bits per heavy atom. The molecule has 0 fully saturated rings. The summed E-state index contributed by atoms with van der Waals surface area (Å²) in [5, 5.41) is 8.06. The molecule has 0 bridgehead atoms. The number of rotatable bonds is 8. The van der Waals surface area contributed by atoms with Gasteiger partial charge in [0.25, 0.3) is 0 Å². The zero-order valence-electron chi connectivity index (χ0n) is 15.1. The zero-order valence-corrected chi connectivity index (χ0v) is 16.6. The fourth-order valence-electron chi connectivity index (χ4n) is 2.60. The van der Waals surface area contributed by atoms with E-state index in [1.54, 1.807) is 0 Å². The number of hydrazone groups is 1. The van der Waals surface area contributed by atoms with Gasteiger partial charge in [-0.3, -0.25) is 5.01 Å². The van der Waals surface area contributed by atoms with Gasteiger partial charge in [0.2, 0.25) is 0 Å². The molecule has 0 radical (unpaired) electrons. The summed E-state index contributed by atoms with van der Waals surface area (Å²) in [7, 11) is 2.02. The predicted octanol–water partition coefficient (Wildman–Crippen LogP) is 6.03. The number of benzene rings is 2. The maximum absolute atomic E-state index is 6.24. The van der Waals surface area contributed by atoms with E-state index in [0.29, 0.717) is 16.6 Å². The summed E-state index contributed by atoms with van der Waals surface area (Å²) in [4.78, 5) is 2.11. The molecule has 0 unspecified atom stereocenters. The average Bonchev–Trinajstić information content (AvgIpc) is 2.62. The second-order valence-electron chi connectivity index (χ2n) is 5.86. The molecule has 0 amide bonds. The number of likely N-dealkylation sites (N-methyl/N-ethyl adjacent to an activating group) is 1. The minimum atomic E-state index is 0.581. The molecule has 0 saturated carbocycles. The van der Waals surface area contributed by atoms with E-state index in [9.17, 15) is 0 Å². The van der Waals surface area contributed by atoms with Gasteiger partial charge in [0, 0.05) is 34.9 Å². The zero-order chi connectivity index (χ0) is 19.1. The van der Waals surface area contributed by atoms with E-state index in [-0.39, 0.29) is 0 Å². The highest BCUT2D eigenvalue weighted by atomic mass is 35.5. The second-order valence-corrected chi connectivity index (χ2v) is 6.74. The van der Waals surface area contributed by atoms with Crippen molar-refractivity contribution in [3.63, 3.8) is 0 Å². The van der Waals surface area contributed by atoms with Crippen molar-refractivity contribution in [3.05, 3.63) is 83.4 Å². The van der Waals surface area contributed by atoms with Crippen LogP contribution in [-0.4, -0.2) is 25.8 Å². The van der Waals surface area contributed by atoms with Gasteiger partial charge in [0.1, 0.15) is 0 Å². The lowest BCUT2D eigenvalue weighted by atomic mass is 10.1. The molecule has 0 heterocycles. The molecule has 26 heavy (non-hydrogen) atoms. The smallest absolute Gasteiger partial charge is 0.0672 e. The summed E-state index contributed by atoms with van der Waals surface area (Å²) >= 11 is 12.2. The van der Waals surface area contributed by atoms with Crippen molar-refractivity contribution in [1.29, 1.82) is 0 Å². The summed E-state index contributed by atoms with van der Waals surface area (Å²) in [6.45, 7) is 10.9. The highest BCUT2D eigenvalue weighted by Gasteiger charge is 2.12. The lowest BCUT2D eigenvalue weighted by Crippen LogP contribution is -2.22. The van der Waals surface area contributed by atoms with Gasteiger partial charge in [0.05, 0.1) is 17.9 Å². The molecule has 0 spiro atoms. The van der Waals surface area contributed by atoms with E-state index in [4.69, 9.17) is 28.3 Å². The topological polar surface area (TPSA) is 18.8 Å². The Bertz CT molecular complexity index is 797. The number of hydrogen-bond donors (Lipinski definition) is 0. The summed E-state index contributed by atoms with van der Waals surface area (Å²) in [5.41, 5.74) is 3.82. The van der Waals surface area contributed by atoms with Crippen molar-refractivity contribution in [2.75, 3.05) is 30.0 Å². The van der Waals surface area contributed by atoms with Gasteiger partial charge in [-0.05, 0) is 49.4 Å². The molecule has 0 N–H and O–H groups in total. The second kappa shape index (κ2) is 9.46. The lowest BCUT2D eigenvalue weighted by molar-refractivity contribution is 0.939. The molecule has 136 valence electrons. The maximum atomic E-state index is 6.24. The molecule has 2 aromatic rings. The molecule has 0 aromatic heterocycles. The standard InChI is InChI=1S/C21H23Cl2N3/c1-5-13-25(4)21-12-9-18(23)15-20(21)16(3)24-26(14-6-2)19-10-7-17(22)8-11-19/h5-12,15H,1-2,13-14H2,3-4H3/b24-16-. The predicted molar refractivity (Wildman–Crippen MR) is 116 cm³/mol. The van der Waals surface area contributed by atoms with Crippen molar-refractivity contribution in [2.24, 2.45) is 5.10 Å². The molecule has 0 saturated heterocycles. The quantitative estimate of drug-likeness (QED) is 0.312. The number of hydrogen-bond acceptors (Lipinski definition) is 3. The van der Waals surface area contributed by atoms with Crippen LogP contribution >= 0.6 is 23.2 Å². The Morgan fingerprint density at radius 1 is 1.00 bits per heavy atom. The van der Waals surface area contributed by atoms with Crippen LogP contribution in [0.2, 0.25) is 10.0 Å². The molecule has 0 aliphatic heterocycles. The van der Waals surface area contributed by atoms with E-state index in [0.717, 1.165) is 29.2 Å². The Morgan fingerprint density at radius 2 is 1.62 bits per heavy atom. The summed E-state index contributed by atoms with van der Waals surface area (Å²) in [5.74, 6) is 0. The Balaban J connectivity index is 2.45. The molecule has 3 nitrogen and oxygen atoms in total. The maximum Gasteiger partial charge on any atom is 0.0672 e. The molecule has 2 aromatic carbocycles. The van der Waals surface area contributed by atoms with Crippen LogP contribution < -0.4 is 9.91 Å². The van der Waals surface area contributed by atoms with Crippen LogP contribution in [0.3, 0.4) is 0 Å². The Kier molecular flexibility index (Phi) is 7.31. The van der Waals surface area contributed by atoms with Gasteiger partial charge in [0.15, 0.2) is 0 Å². The monoisotopic (exact) mass is 387 g/mol. The minimum absolute atomic E-state index is 0.581. The molecule has 0 atom stereocenters. The fraction of sp³-hybridized carbons (Fsp3) is 0.190. The van der Waals surface area contributed by atoms with Crippen LogP contribution in [0.1, 0.15) is 12.5 Å². The largest absolute Gasteiger partial charge is 0.370 e. The van der Waals surface area contributed by atoms with Gasteiger partial charge in [-0.2, -0.15) is 5.10 Å². The number of halogens is 2. The van der Waals surface area contributed by atoms with Crippen LogP contribution in [-0.2, 0) is 0 Å². The van der Waals surface area contributed by atoms with Gasteiger partial charge in [-0.15, -0.1) is 13.2 Å². The molecular weight excluding hydrogens is 365 g/mol. The van der Waals surface area contributed by atoms with Crippen LogP contribution in [0.15, 0.2) is 72.9 Å². The van der Waals surface area contributed by atoms with Gasteiger partial charge < -0.3 is 4.90 Å². The molecule has 0 aliphatic rings. The van der Waals surface area contributed by atoms with Crippen molar-refractivity contribution < 1.29 is 0 Å². The fourth-order valence-corrected chi connectivity index (χ4v) is 2.90. The summed E-state index contributed by atoms with van der Waals surface area (Å²) < 4.78 is 0. The normalized spacial score (nSPS) is 11.2. The highest BCUT2D eigenvalue weighted by Crippen LogP contribution is 2.26. The lowest BCUT2D eigenvalue weighted by Gasteiger charge is -2.23. The van der Waals surface area contributed by atoms with Crippen molar-refractivity contribution in [1.82, 2.24) is 0 Å².